The van der Waals surface area contributed by atoms with Gasteiger partial charge in [-0.1, -0.05) is 0 Å². The Labute approximate surface area is 144 Å². The Morgan fingerprint density at radius 1 is 1.25 bits per heavy atom. The third-order valence-electron chi connectivity index (χ3n) is 3.38. The van der Waals surface area contributed by atoms with Crippen LogP contribution in [0.3, 0.4) is 0 Å². The standard InChI is InChI=1S/C18H18N2O3S/c1-3-22-14-6-4-13(5-7-14)18(21)19-10-15-8-9-17(23-15)16-11-24-12(2)20-16/h4-9,11H,3,10H2,1-2H3,(H,19,21). The Balaban J connectivity index is 1.59. The van der Waals surface area contributed by atoms with Crippen molar-refractivity contribution in [3.05, 3.63) is 58.1 Å². The zero-order chi connectivity index (χ0) is 16.9. The fourth-order valence-electron chi connectivity index (χ4n) is 2.23. The van der Waals surface area contributed by atoms with Crippen LogP contribution in [0.25, 0.3) is 11.5 Å². The summed E-state index contributed by atoms with van der Waals surface area (Å²) in [6.45, 7) is 4.81. The minimum atomic E-state index is -0.152. The van der Waals surface area contributed by atoms with Crippen LogP contribution in [0.4, 0.5) is 0 Å². The van der Waals surface area contributed by atoms with Gasteiger partial charge in [-0.3, -0.25) is 4.79 Å². The van der Waals surface area contributed by atoms with Gasteiger partial charge in [-0.05, 0) is 50.2 Å². The molecule has 1 N–H and O–H groups in total. The first-order valence-corrected chi connectivity index (χ1v) is 8.56. The summed E-state index contributed by atoms with van der Waals surface area (Å²) in [5.41, 5.74) is 1.40. The van der Waals surface area contributed by atoms with Crippen LogP contribution in [-0.2, 0) is 6.54 Å². The Morgan fingerprint density at radius 3 is 2.71 bits per heavy atom. The van der Waals surface area contributed by atoms with E-state index in [0.29, 0.717) is 30.2 Å². The van der Waals surface area contributed by atoms with Crippen LogP contribution in [0.15, 0.2) is 46.2 Å². The predicted molar refractivity (Wildman–Crippen MR) is 93.3 cm³/mol. The monoisotopic (exact) mass is 342 g/mol. The molecule has 2 aromatic heterocycles. The second kappa shape index (κ2) is 7.31. The lowest BCUT2D eigenvalue weighted by atomic mass is 10.2. The van der Waals surface area contributed by atoms with Crippen molar-refractivity contribution in [3.63, 3.8) is 0 Å². The van der Waals surface area contributed by atoms with Crippen LogP contribution < -0.4 is 10.1 Å². The lowest BCUT2D eigenvalue weighted by molar-refractivity contribution is 0.0948. The molecular weight excluding hydrogens is 324 g/mol. The van der Waals surface area contributed by atoms with Gasteiger partial charge in [-0.15, -0.1) is 11.3 Å². The summed E-state index contributed by atoms with van der Waals surface area (Å²) in [7, 11) is 0. The van der Waals surface area contributed by atoms with Crippen LogP contribution in [0.2, 0.25) is 0 Å². The van der Waals surface area contributed by atoms with Crippen molar-refractivity contribution in [3.8, 4) is 17.2 Å². The zero-order valence-electron chi connectivity index (χ0n) is 13.5. The summed E-state index contributed by atoms with van der Waals surface area (Å²) in [5, 5.41) is 5.79. The van der Waals surface area contributed by atoms with Crippen LogP contribution in [0, 0.1) is 6.92 Å². The summed E-state index contributed by atoms with van der Waals surface area (Å²) < 4.78 is 11.1. The van der Waals surface area contributed by atoms with E-state index < -0.39 is 0 Å². The molecule has 0 aliphatic rings. The molecule has 0 fully saturated rings. The molecule has 3 aromatic rings. The van der Waals surface area contributed by atoms with Gasteiger partial charge in [0.15, 0.2) is 5.76 Å². The van der Waals surface area contributed by atoms with Crippen LogP contribution in [0.5, 0.6) is 5.75 Å². The number of nitrogens with one attached hydrogen (secondary N) is 1. The van der Waals surface area contributed by atoms with Gasteiger partial charge in [0.25, 0.3) is 5.91 Å². The Morgan fingerprint density at radius 2 is 2.04 bits per heavy atom. The maximum absolute atomic E-state index is 12.2. The number of aromatic nitrogens is 1. The van der Waals surface area contributed by atoms with E-state index in [1.54, 1.807) is 35.6 Å². The van der Waals surface area contributed by atoms with Crippen molar-refractivity contribution in [1.82, 2.24) is 10.3 Å². The number of rotatable bonds is 6. The van der Waals surface area contributed by atoms with E-state index in [1.807, 2.05) is 31.4 Å². The third-order valence-corrected chi connectivity index (χ3v) is 4.16. The normalized spacial score (nSPS) is 10.6. The van der Waals surface area contributed by atoms with Gasteiger partial charge >= 0.3 is 0 Å². The molecule has 1 aromatic carbocycles. The quantitative estimate of drug-likeness (QED) is 0.734. The molecule has 5 nitrogen and oxygen atoms in total. The first kappa shape index (κ1) is 16.3. The number of furan rings is 1. The van der Waals surface area contributed by atoms with Crippen LogP contribution in [-0.4, -0.2) is 17.5 Å². The second-order valence-electron chi connectivity index (χ2n) is 5.16. The van der Waals surface area contributed by atoms with Gasteiger partial charge in [0.2, 0.25) is 0 Å². The van der Waals surface area contributed by atoms with Crippen LogP contribution >= 0.6 is 11.3 Å². The van der Waals surface area contributed by atoms with Crippen molar-refractivity contribution >= 4 is 17.2 Å². The molecule has 0 radical (unpaired) electrons. The number of carbonyl (C=O) groups excluding carboxylic acids is 1. The van der Waals surface area contributed by atoms with Gasteiger partial charge in [0.05, 0.1) is 18.2 Å². The van der Waals surface area contributed by atoms with Crippen molar-refractivity contribution in [2.75, 3.05) is 6.61 Å². The molecule has 0 spiro atoms. The minimum Gasteiger partial charge on any atom is -0.494 e. The van der Waals surface area contributed by atoms with Crippen molar-refractivity contribution in [2.24, 2.45) is 0 Å². The molecule has 0 bridgehead atoms. The van der Waals surface area contributed by atoms with E-state index in [9.17, 15) is 4.79 Å². The summed E-state index contributed by atoms with van der Waals surface area (Å²) >= 11 is 1.58. The zero-order valence-corrected chi connectivity index (χ0v) is 14.4. The van der Waals surface area contributed by atoms with Gasteiger partial charge in [0.1, 0.15) is 17.2 Å². The minimum absolute atomic E-state index is 0.152. The second-order valence-corrected chi connectivity index (χ2v) is 6.22. The topological polar surface area (TPSA) is 64.4 Å². The van der Waals surface area contributed by atoms with Gasteiger partial charge in [-0.25, -0.2) is 4.98 Å². The number of aryl methyl sites for hydroxylation is 1. The summed E-state index contributed by atoms with van der Waals surface area (Å²) in [4.78, 5) is 16.5. The number of ether oxygens (including phenoxy) is 1. The molecule has 124 valence electrons. The SMILES string of the molecule is CCOc1ccc(C(=O)NCc2ccc(-c3csc(C)n3)o2)cc1. The van der Waals surface area contributed by atoms with Crippen molar-refractivity contribution in [1.29, 1.82) is 0 Å². The summed E-state index contributed by atoms with van der Waals surface area (Å²) in [6.07, 6.45) is 0. The van der Waals surface area contributed by atoms with Crippen molar-refractivity contribution < 1.29 is 13.9 Å². The maximum Gasteiger partial charge on any atom is 0.251 e. The average Bonchev–Trinajstić information content (AvgIpc) is 3.22. The highest BCUT2D eigenvalue weighted by atomic mass is 32.1. The molecule has 3 rings (SSSR count). The highest BCUT2D eigenvalue weighted by Crippen LogP contribution is 2.23. The number of hydrogen-bond acceptors (Lipinski definition) is 5. The Kier molecular flexibility index (Phi) is 4.96. The third kappa shape index (κ3) is 3.83. The molecule has 0 aliphatic heterocycles. The average molecular weight is 342 g/mol. The molecule has 6 heteroatoms. The molecular formula is C18H18N2O3S. The largest absolute Gasteiger partial charge is 0.494 e. The lowest BCUT2D eigenvalue weighted by Crippen LogP contribution is -2.22. The molecule has 2 heterocycles. The van der Waals surface area contributed by atoms with Crippen LogP contribution in [0.1, 0.15) is 28.0 Å². The smallest absolute Gasteiger partial charge is 0.251 e. The van der Waals surface area contributed by atoms with E-state index in [4.69, 9.17) is 9.15 Å². The van der Waals surface area contributed by atoms with E-state index >= 15 is 0 Å². The molecule has 24 heavy (non-hydrogen) atoms. The van der Waals surface area contributed by atoms with E-state index in [1.165, 1.54) is 0 Å². The number of carbonyl (C=O) groups is 1. The molecule has 0 atom stereocenters. The van der Waals surface area contributed by atoms with E-state index in [0.717, 1.165) is 16.5 Å². The molecule has 1 amide bonds. The van der Waals surface area contributed by atoms with Gasteiger partial charge in [-0.2, -0.15) is 0 Å². The number of nitrogens with zero attached hydrogens (tertiary/aromatic N) is 1. The predicted octanol–water partition coefficient (Wildman–Crippen LogP) is 4.04. The first-order chi connectivity index (χ1) is 11.7. The maximum atomic E-state index is 12.2. The summed E-state index contributed by atoms with van der Waals surface area (Å²) in [6, 6.07) is 10.8. The summed E-state index contributed by atoms with van der Waals surface area (Å²) in [5.74, 6) is 2.00. The number of thiazole rings is 1. The Bertz CT molecular complexity index is 821. The first-order valence-electron chi connectivity index (χ1n) is 7.68. The lowest BCUT2D eigenvalue weighted by Gasteiger charge is -2.05. The highest BCUT2D eigenvalue weighted by Gasteiger charge is 2.10. The molecule has 0 aliphatic carbocycles. The van der Waals surface area contributed by atoms with Crippen molar-refractivity contribution in [2.45, 2.75) is 20.4 Å². The highest BCUT2D eigenvalue weighted by molar-refractivity contribution is 7.09. The molecule has 0 saturated carbocycles. The molecule has 0 saturated heterocycles. The number of amides is 1. The number of hydrogen-bond donors (Lipinski definition) is 1. The Hall–Kier alpha value is -2.60. The molecule has 0 unspecified atom stereocenters. The van der Waals surface area contributed by atoms with E-state index in [-0.39, 0.29) is 5.91 Å². The van der Waals surface area contributed by atoms with Gasteiger partial charge in [0, 0.05) is 10.9 Å². The fraction of sp³-hybridized carbons (Fsp3) is 0.222. The van der Waals surface area contributed by atoms with E-state index in [2.05, 4.69) is 10.3 Å². The fourth-order valence-corrected chi connectivity index (χ4v) is 2.83. The van der Waals surface area contributed by atoms with Gasteiger partial charge < -0.3 is 14.5 Å². The number of benzene rings is 1.